The second kappa shape index (κ2) is 30.2. The van der Waals surface area contributed by atoms with E-state index in [1.165, 1.54) is 0 Å². The van der Waals surface area contributed by atoms with E-state index in [1.807, 2.05) is 85.0 Å². The average Bonchev–Trinajstić information content (AvgIpc) is 3.77. The molecule has 0 atom stereocenters. The van der Waals surface area contributed by atoms with Gasteiger partial charge < -0.3 is 28.4 Å². The van der Waals surface area contributed by atoms with Crippen molar-refractivity contribution >= 4 is 36.5 Å². The van der Waals surface area contributed by atoms with Crippen LogP contribution in [-0.4, -0.2) is 0 Å². The minimum absolute atomic E-state index is 0.344. The van der Waals surface area contributed by atoms with Gasteiger partial charge in [-0.25, -0.2) is 0 Å². The molecule has 6 nitrogen and oxygen atoms in total. The molecule has 10 aromatic rings. The second-order valence-corrected chi connectivity index (χ2v) is 22.3. The van der Waals surface area contributed by atoms with Gasteiger partial charge in [0.2, 0.25) is 0 Å². The number of ether oxygens (including phenoxy) is 6. The monoisotopic (exact) mass is 1170 g/mol. The molecule has 0 aliphatic rings. The molecule has 0 aromatic heterocycles. The van der Waals surface area contributed by atoms with Crippen molar-refractivity contribution in [2.45, 2.75) is 72.8 Å². The smallest absolute Gasteiger partial charge is 0.127 e. The molecule has 0 saturated heterocycles. The van der Waals surface area contributed by atoms with E-state index in [9.17, 15) is 0 Å². The summed E-state index contributed by atoms with van der Waals surface area (Å²) in [6, 6.07) is 70.9. The summed E-state index contributed by atoms with van der Waals surface area (Å²) >= 11 is 0. The van der Waals surface area contributed by atoms with E-state index in [0.29, 0.717) is 70.4 Å². The van der Waals surface area contributed by atoms with E-state index in [1.54, 1.807) is 0 Å². The largest absolute Gasteiger partial charge is 0.489 e. The lowest BCUT2D eigenvalue weighted by molar-refractivity contribution is 0.287. The third-order valence-corrected chi connectivity index (χ3v) is 15.7. The van der Waals surface area contributed by atoms with Crippen molar-refractivity contribution in [2.75, 3.05) is 0 Å². The maximum atomic E-state index is 7.16. The minimum Gasteiger partial charge on any atom is -0.489 e. The zero-order valence-electron chi connectivity index (χ0n) is 51.2. The molecule has 0 heterocycles. The summed E-state index contributed by atoms with van der Waals surface area (Å²) in [5, 5.41) is 0. The molecule has 10 aromatic carbocycles. The summed E-state index contributed by atoms with van der Waals surface area (Å²) in [6.45, 7) is 30.2. The van der Waals surface area contributed by atoms with E-state index >= 15 is 0 Å². The highest BCUT2D eigenvalue weighted by Crippen LogP contribution is 2.39. The molecule has 444 valence electrons. The minimum atomic E-state index is 0.344. The van der Waals surface area contributed by atoms with Gasteiger partial charge >= 0.3 is 0 Å². The summed E-state index contributed by atoms with van der Waals surface area (Å²) < 4.78 is 40.8. The van der Waals surface area contributed by atoms with Gasteiger partial charge in [-0.1, -0.05) is 269 Å². The first-order chi connectivity index (χ1) is 43.5. The summed E-state index contributed by atoms with van der Waals surface area (Å²) in [6.07, 6.45) is 12.6. The topological polar surface area (TPSA) is 55.4 Å². The number of benzene rings is 10. The van der Waals surface area contributed by atoms with Gasteiger partial charge in [0.05, 0.1) is 0 Å². The van der Waals surface area contributed by atoms with Gasteiger partial charge in [0.1, 0.15) is 74.1 Å². The Balaban J connectivity index is 1.03. The van der Waals surface area contributed by atoms with Crippen molar-refractivity contribution in [1.29, 1.82) is 0 Å². The van der Waals surface area contributed by atoms with Gasteiger partial charge in [-0.3, -0.25) is 0 Å². The van der Waals surface area contributed by atoms with Gasteiger partial charge in [-0.15, -0.1) is 0 Å². The van der Waals surface area contributed by atoms with Gasteiger partial charge in [-0.2, -0.15) is 0 Å². The molecule has 0 amide bonds. The lowest BCUT2D eigenvalue weighted by atomic mass is 9.92. The van der Waals surface area contributed by atoms with Crippen molar-refractivity contribution in [1.82, 2.24) is 0 Å². The Hall–Kier alpha value is -10.6. The molecule has 0 aliphatic heterocycles. The summed E-state index contributed by atoms with van der Waals surface area (Å²) in [7, 11) is 0. The Labute approximate surface area is 526 Å². The van der Waals surface area contributed by atoms with Crippen LogP contribution in [0.25, 0.3) is 36.5 Å². The molecular formula is C83H76O6. The van der Waals surface area contributed by atoms with Crippen molar-refractivity contribution in [3.63, 3.8) is 0 Å². The van der Waals surface area contributed by atoms with Gasteiger partial charge in [-0.05, 0) is 126 Å². The predicted molar refractivity (Wildman–Crippen MR) is 369 cm³/mol. The average molecular weight is 1170 g/mol. The van der Waals surface area contributed by atoms with Crippen LogP contribution in [0.2, 0.25) is 0 Å². The highest BCUT2D eigenvalue weighted by atomic mass is 16.5. The third kappa shape index (κ3) is 16.9. The van der Waals surface area contributed by atoms with E-state index in [2.05, 4.69) is 211 Å². The van der Waals surface area contributed by atoms with Crippen molar-refractivity contribution in [3.05, 3.63) is 357 Å². The maximum absolute atomic E-state index is 7.16. The Morgan fingerprint density at radius 3 is 0.719 bits per heavy atom. The fraction of sp³-hybridized carbons (Fsp3) is 0.133. The molecule has 0 spiro atoms. The normalized spacial score (nSPS) is 10.8. The lowest BCUT2D eigenvalue weighted by Gasteiger charge is -2.22. The third-order valence-electron chi connectivity index (χ3n) is 15.7. The molecule has 0 radical (unpaired) electrons. The van der Waals surface area contributed by atoms with Crippen LogP contribution in [-0.2, 0) is 58.9 Å². The van der Waals surface area contributed by atoms with Crippen molar-refractivity contribution in [3.8, 4) is 34.5 Å². The fourth-order valence-corrected chi connectivity index (χ4v) is 10.6. The summed E-state index contributed by atoms with van der Waals surface area (Å²) in [4.78, 5) is 0. The highest BCUT2D eigenvalue weighted by Gasteiger charge is 2.22. The first-order valence-corrected chi connectivity index (χ1v) is 30.1. The summed E-state index contributed by atoms with van der Waals surface area (Å²) in [5.74, 6) is 4.45. The number of rotatable bonds is 30. The first-order valence-electron chi connectivity index (χ1n) is 30.1. The molecule has 10 rings (SSSR count). The number of aryl methyl sites for hydroxylation is 2. The molecule has 0 fully saturated rings. The quantitative estimate of drug-likeness (QED) is 0.0447. The van der Waals surface area contributed by atoms with Gasteiger partial charge in [0, 0.05) is 31.4 Å². The van der Waals surface area contributed by atoms with Crippen LogP contribution < -0.4 is 28.4 Å². The highest BCUT2D eigenvalue weighted by molar-refractivity contribution is 5.58. The number of hydrogen-bond donors (Lipinski definition) is 0. The van der Waals surface area contributed by atoms with Crippen LogP contribution >= 0.6 is 0 Å². The van der Waals surface area contributed by atoms with Crippen molar-refractivity contribution < 1.29 is 28.4 Å². The van der Waals surface area contributed by atoms with E-state index < -0.39 is 0 Å². The SMILES string of the molecule is C=Cc1ccc(COc2ccc(Cc3cc(C)cc(Cc4cc(C)cc(Cc5ccc(OCc6ccc(C=C)cc6)cc5OCc5ccc(C=C)cc5)c4OCc4ccc(C=C)cc4)c3OCc3ccc(C=C)cc3)c(OCc3ccc(C=C)cc3)c2)cc1. The molecule has 0 bridgehead atoms. The van der Waals surface area contributed by atoms with E-state index in [4.69, 9.17) is 28.4 Å². The van der Waals surface area contributed by atoms with Crippen molar-refractivity contribution in [2.24, 2.45) is 0 Å². The Kier molecular flexibility index (Phi) is 20.9. The maximum Gasteiger partial charge on any atom is 0.127 e. The fourth-order valence-electron chi connectivity index (χ4n) is 10.6. The molecule has 89 heavy (non-hydrogen) atoms. The van der Waals surface area contributed by atoms with Crippen LogP contribution in [0.3, 0.4) is 0 Å². The van der Waals surface area contributed by atoms with E-state index in [-0.39, 0.29) is 0 Å². The van der Waals surface area contributed by atoms with Crippen LogP contribution in [0, 0.1) is 13.8 Å². The Morgan fingerprint density at radius 2 is 0.472 bits per heavy atom. The Morgan fingerprint density at radius 1 is 0.247 bits per heavy atom. The molecule has 0 aliphatic carbocycles. The van der Waals surface area contributed by atoms with E-state index in [0.717, 1.165) is 134 Å². The molecule has 0 unspecified atom stereocenters. The molecule has 0 saturated carbocycles. The van der Waals surface area contributed by atoms with Gasteiger partial charge in [0.25, 0.3) is 0 Å². The van der Waals surface area contributed by atoms with Crippen LogP contribution in [0.5, 0.6) is 34.5 Å². The first kappa shape index (κ1) is 61.5. The summed E-state index contributed by atoms with van der Waals surface area (Å²) in [5.41, 5.74) is 20.8. The zero-order chi connectivity index (χ0) is 61.9. The second-order valence-electron chi connectivity index (χ2n) is 22.3. The molecule has 0 N–H and O–H groups in total. The Bertz CT molecular complexity index is 3810. The predicted octanol–water partition coefficient (Wildman–Crippen LogP) is 20.4. The van der Waals surface area contributed by atoms with Crippen LogP contribution in [0.15, 0.2) is 246 Å². The van der Waals surface area contributed by atoms with Crippen LogP contribution in [0.1, 0.15) is 111 Å². The van der Waals surface area contributed by atoms with Crippen LogP contribution in [0.4, 0.5) is 0 Å². The van der Waals surface area contributed by atoms with Gasteiger partial charge in [0.15, 0.2) is 0 Å². The standard InChI is InChI=1S/C83H76O6/c1-9-60-15-27-66(28-16-60)52-84-78-41-39-72(80(50-78)86-54-68-31-19-62(11-3)20-32-68)47-74-43-58(7)45-76(82(74)88-56-70-35-23-64(13-5)24-36-70)49-77-46-59(8)44-75(83(77)89-57-71-37-25-65(14-6)26-38-71)48-73-40-42-79(85-53-67-29-17-61(10-2)18-30-67)51-81(73)87-55-69-33-21-63(12-4)22-34-69/h9-46,50-51H,1-6,47-49,52-57H2,7-8H3. The zero-order valence-corrected chi connectivity index (χ0v) is 51.2. The molecular weight excluding hydrogens is 1090 g/mol. The molecule has 6 heteroatoms. The lowest BCUT2D eigenvalue weighted by Crippen LogP contribution is -2.08. The number of hydrogen-bond acceptors (Lipinski definition) is 6.